The van der Waals surface area contributed by atoms with Gasteiger partial charge in [0.1, 0.15) is 11.2 Å². The Morgan fingerprint density at radius 1 is 1.16 bits per heavy atom. The van der Waals surface area contributed by atoms with Gasteiger partial charge in [0, 0.05) is 74.8 Å². The Kier molecular flexibility index (Phi) is 6.45. The topological polar surface area (TPSA) is 127 Å². The summed E-state index contributed by atoms with van der Waals surface area (Å²) in [4.78, 5) is 30.8. The van der Waals surface area contributed by atoms with Crippen LogP contribution in [-0.4, -0.2) is 80.3 Å². The molecule has 234 valence electrons. The molecule has 15 heteroatoms. The molecule has 0 radical (unpaired) electrons. The summed E-state index contributed by atoms with van der Waals surface area (Å²) in [7, 11) is -2.21. The molecule has 0 bridgehead atoms. The molecule has 1 saturated heterocycles. The summed E-state index contributed by atoms with van der Waals surface area (Å²) in [6.45, 7) is 4.82. The number of hydrogen-bond acceptors (Lipinski definition) is 7. The van der Waals surface area contributed by atoms with Crippen molar-refractivity contribution in [1.29, 1.82) is 0 Å². The maximum absolute atomic E-state index is 14.2. The Hall–Kier alpha value is -3.85. The number of halogens is 2. The largest absolute Gasteiger partial charge is 0.366 e. The minimum Gasteiger partial charge on any atom is -0.366 e. The number of nitrogens with zero attached hydrogens (tertiary/aromatic N) is 7. The van der Waals surface area contributed by atoms with Crippen molar-refractivity contribution < 1.29 is 22.0 Å². The second-order valence-electron chi connectivity index (χ2n) is 12.8. The number of nitrogens with one attached hydrogen (secondary N) is 1. The average Bonchev–Trinajstić information content (AvgIpc) is 3.29. The van der Waals surface area contributed by atoms with E-state index < -0.39 is 40.2 Å². The average molecular weight is 629 g/mol. The Labute approximate surface area is 252 Å². The van der Waals surface area contributed by atoms with E-state index in [1.54, 1.807) is 50.2 Å². The van der Waals surface area contributed by atoms with Gasteiger partial charge in [0.05, 0.1) is 34.9 Å². The van der Waals surface area contributed by atoms with Crippen molar-refractivity contribution in [2.75, 3.05) is 24.5 Å². The Morgan fingerprint density at radius 2 is 1.91 bits per heavy atom. The number of rotatable bonds is 7. The molecule has 1 atom stereocenters. The molecule has 4 heterocycles. The van der Waals surface area contributed by atoms with Crippen LogP contribution in [0.2, 0.25) is 0 Å². The lowest BCUT2D eigenvalue weighted by Crippen LogP contribution is -2.57. The van der Waals surface area contributed by atoms with Crippen molar-refractivity contribution in [3.63, 3.8) is 0 Å². The van der Waals surface area contributed by atoms with Crippen LogP contribution in [0.4, 0.5) is 14.5 Å². The normalized spacial score (nSPS) is 21.6. The molecule has 0 unspecified atom stereocenters. The van der Waals surface area contributed by atoms with Crippen molar-refractivity contribution in [2.45, 2.75) is 68.5 Å². The van der Waals surface area contributed by atoms with Crippen molar-refractivity contribution >= 4 is 38.2 Å². The van der Waals surface area contributed by atoms with Crippen LogP contribution in [0, 0.1) is 5.92 Å². The second-order valence-corrected chi connectivity index (χ2v) is 14.5. The van der Waals surface area contributed by atoms with Crippen LogP contribution >= 0.6 is 0 Å². The summed E-state index contributed by atoms with van der Waals surface area (Å²) in [5.41, 5.74) is 1.37. The summed E-state index contributed by atoms with van der Waals surface area (Å²) in [5, 5.41) is 8.93. The molecule has 44 heavy (non-hydrogen) atoms. The highest BCUT2D eigenvalue weighted by molar-refractivity contribution is 7.89. The summed E-state index contributed by atoms with van der Waals surface area (Å²) in [6.07, 6.45) is 5.64. The molecule has 4 aromatic rings. The van der Waals surface area contributed by atoms with Gasteiger partial charge >= 0.3 is 0 Å². The minimum absolute atomic E-state index is 0.0347. The molecule has 2 aliphatic carbocycles. The van der Waals surface area contributed by atoms with E-state index in [0.29, 0.717) is 29.9 Å². The number of piperazine rings is 1. The van der Waals surface area contributed by atoms with Crippen LogP contribution in [0.3, 0.4) is 0 Å². The van der Waals surface area contributed by atoms with Crippen LogP contribution in [0.1, 0.15) is 45.1 Å². The van der Waals surface area contributed by atoms with Crippen LogP contribution < -0.4 is 15.2 Å². The van der Waals surface area contributed by atoms with Crippen LogP contribution in [-0.2, 0) is 28.4 Å². The number of carbonyl (C=O) groups excluding carboxylic acids is 1. The third-order valence-corrected chi connectivity index (χ3v) is 10.7. The number of fused-ring (bicyclic) bond motifs is 3. The van der Waals surface area contributed by atoms with Crippen molar-refractivity contribution in [3.05, 3.63) is 52.7 Å². The van der Waals surface area contributed by atoms with Gasteiger partial charge in [0.15, 0.2) is 0 Å². The summed E-state index contributed by atoms with van der Waals surface area (Å²) in [5.74, 6) is -3.76. The number of anilines is 1. The van der Waals surface area contributed by atoms with E-state index in [1.807, 2.05) is 24.9 Å². The number of amides is 1. The molecule has 1 aromatic carbocycles. The molecule has 1 aliphatic heterocycles. The Balaban J connectivity index is 1.33. The number of benzene rings is 1. The molecular weight excluding hydrogens is 594 g/mol. The molecule has 3 aromatic heterocycles. The number of aryl methyl sites for hydroxylation is 1. The van der Waals surface area contributed by atoms with Crippen molar-refractivity contribution in [1.82, 2.24) is 33.6 Å². The molecule has 12 nitrogen and oxygen atoms in total. The quantitative estimate of drug-likeness (QED) is 0.333. The fraction of sp³-hybridized carbons (Fsp3) is 0.517. The van der Waals surface area contributed by atoms with Gasteiger partial charge in [-0.05, 0) is 38.8 Å². The van der Waals surface area contributed by atoms with E-state index in [-0.39, 0.29) is 40.9 Å². The van der Waals surface area contributed by atoms with Crippen LogP contribution in [0.25, 0.3) is 16.6 Å². The molecule has 0 spiro atoms. The SMILES string of the molecule is C[C@@H]1CN(c2cc(S(=O)(=O)NC3(C)CC3)cc3c(=O)n(Cc4cnn(C)c4)c4ccnn4c23)CCN1C(=O)C1CC(F)(F)C1. The van der Waals surface area contributed by atoms with Gasteiger partial charge in [-0.3, -0.25) is 18.8 Å². The first-order valence-electron chi connectivity index (χ1n) is 14.7. The van der Waals surface area contributed by atoms with E-state index in [2.05, 4.69) is 14.9 Å². The van der Waals surface area contributed by atoms with Crippen LogP contribution in [0.15, 0.2) is 46.5 Å². The van der Waals surface area contributed by atoms with Crippen molar-refractivity contribution in [2.24, 2.45) is 13.0 Å². The van der Waals surface area contributed by atoms with Crippen molar-refractivity contribution in [3.8, 4) is 0 Å². The second kappa shape index (κ2) is 9.83. The van der Waals surface area contributed by atoms with Gasteiger partial charge in [-0.25, -0.2) is 26.4 Å². The van der Waals surface area contributed by atoms with E-state index in [1.165, 1.54) is 6.07 Å². The number of sulfonamides is 1. The highest BCUT2D eigenvalue weighted by atomic mass is 32.2. The Morgan fingerprint density at radius 3 is 2.55 bits per heavy atom. The molecule has 3 aliphatic rings. The maximum Gasteiger partial charge on any atom is 0.262 e. The predicted octanol–water partition coefficient (Wildman–Crippen LogP) is 2.34. The van der Waals surface area contributed by atoms with Crippen LogP contribution in [0.5, 0.6) is 0 Å². The zero-order chi connectivity index (χ0) is 31.2. The van der Waals surface area contributed by atoms with Gasteiger partial charge in [-0.1, -0.05) is 0 Å². The molecule has 7 rings (SSSR count). The molecule has 1 N–H and O–H groups in total. The third kappa shape index (κ3) is 4.95. The maximum atomic E-state index is 14.2. The lowest BCUT2D eigenvalue weighted by molar-refractivity contribution is -0.161. The van der Waals surface area contributed by atoms with Gasteiger partial charge < -0.3 is 9.80 Å². The van der Waals surface area contributed by atoms with E-state index in [0.717, 1.165) is 18.4 Å². The monoisotopic (exact) mass is 628 g/mol. The minimum atomic E-state index is -3.99. The standard InChI is InChI=1S/C29H34F2N8O4S/c1-18-15-36(8-9-37(18)26(40)20-12-29(30,31)13-20)23-11-21(44(42,43)34-28(2)5-6-28)10-22-25(23)39-24(4-7-32-39)38(27(22)41)17-19-14-33-35(3)16-19/h4,7,10-11,14,16,18,20,34H,5-6,8-9,12-13,15,17H2,1-3H3/t18-/m1/s1. The fourth-order valence-electron chi connectivity index (χ4n) is 6.43. The zero-order valence-corrected chi connectivity index (χ0v) is 25.5. The number of carbonyl (C=O) groups is 1. The summed E-state index contributed by atoms with van der Waals surface area (Å²) in [6, 6.07) is 4.38. The van der Waals surface area contributed by atoms with E-state index in [9.17, 15) is 26.8 Å². The van der Waals surface area contributed by atoms with Gasteiger partial charge in [0.2, 0.25) is 21.9 Å². The predicted molar refractivity (Wildman–Crippen MR) is 158 cm³/mol. The van der Waals surface area contributed by atoms with E-state index in [4.69, 9.17) is 0 Å². The highest BCUT2D eigenvalue weighted by Crippen LogP contribution is 2.44. The summed E-state index contributed by atoms with van der Waals surface area (Å²) < 4.78 is 61.9. The molecule has 2 saturated carbocycles. The lowest BCUT2D eigenvalue weighted by Gasteiger charge is -2.45. The van der Waals surface area contributed by atoms with E-state index >= 15 is 0 Å². The number of aromatic nitrogens is 5. The molecular formula is C29H34F2N8O4S. The number of hydrogen-bond donors (Lipinski definition) is 1. The zero-order valence-electron chi connectivity index (χ0n) is 24.7. The fourth-order valence-corrected chi connectivity index (χ4v) is 7.94. The van der Waals surface area contributed by atoms with Gasteiger partial charge in [0.25, 0.3) is 5.56 Å². The highest BCUT2D eigenvalue weighted by Gasteiger charge is 2.50. The first kappa shape index (κ1) is 28.9. The molecule has 3 fully saturated rings. The summed E-state index contributed by atoms with van der Waals surface area (Å²) >= 11 is 0. The Bertz CT molecular complexity index is 1970. The first-order chi connectivity index (χ1) is 20.7. The molecule has 1 amide bonds. The van der Waals surface area contributed by atoms with Gasteiger partial charge in [-0.15, -0.1) is 0 Å². The lowest BCUT2D eigenvalue weighted by atomic mass is 9.80. The smallest absolute Gasteiger partial charge is 0.262 e. The first-order valence-corrected chi connectivity index (χ1v) is 16.2. The third-order valence-electron chi connectivity index (χ3n) is 9.13. The van der Waals surface area contributed by atoms with Gasteiger partial charge in [-0.2, -0.15) is 10.2 Å². The number of alkyl halides is 2.